The van der Waals surface area contributed by atoms with Gasteiger partial charge in [-0.25, -0.2) is 0 Å². The highest BCUT2D eigenvalue weighted by atomic mass is 32.2. The minimum absolute atomic E-state index is 0.0198. The van der Waals surface area contributed by atoms with Crippen LogP contribution in [0.5, 0.6) is 5.75 Å². The van der Waals surface area contributed by atoms with Crippen LogP contribution in [0.3, 0.4) is 0 Å². The van der Waals surface area contributed by atoms with Gasteiger partial charge in [-0.05, 0) is 23.1 Å². The second-order valence-corrected chi connectivity index (χ2v) is 6.36. The number of hydrogen-bond donors (Lipinski definition) is 1. The van der Waals surface area contributed by atoms with Crippen molar-refractivity contribution in [3.05, 3.63) is 17.7 Å². The fraction of sp³-hybridized carbons (Fsp3) is 0.538. The van der Waals surface area contributed by atoms with Gasteiger partial charge >= 0.3 is 0 Å². The Morgan fingerprint density at radius 2 is 1.88 bits per heavy atom. The molecule has 0 heterocycles. The van der Waals surface area contributed by atoms with E-state index in [1.807, 2.05) is 13.1 Å². The molecule has 4 heteroatoms. The van der Waals surface area contributed by atoms with Crippen LogP contribution >= 0.6 is 0 Å². The molecule has 3 nitrogen and oxygen atoms in total. The van der Waals surface area contributed by atoms with E-state index in [9.17, 15) is 4.21 Å². The van der Waals surface area contributed by atoms with Gasteiger partial charge in [0.2, 0.25) is 0 Å². The largest absolute Gasteiger partial charge is 0.493 e. The van der Waals surface area contributed by atoms with Gasteiger partial charge in [-0.1, -0.05) is 20.8 Å². The molecule has 1 aromatic rings. The number of hydrogen-bond acceptors (Lipinski definition) is 3. The minimum Gasteiger partial charge on any atom is -0.493 e. The van der Waals surface area contributed by atoms with Crippen molar-refractivity contribution >= 4 is 16.5 Å². The molecule has 1 aromatic carbocycles. The Morgan fingerprint density at radius 1 is 1.29 bits per heavy atom. The van der Waals surface area contributed by atoms with Crippen molar-refractivity contribution in [2.45, 2.75) is 31.1 Å². The number of ether oxygens (including phenoxy) is 1. The molecule has 96 valence electrons. The average molecular weight is 255 g/mol. The number of anilines is 1. The number of benzene rings is 1. The predicted octanol–water partition coefficient (Wildman–Crippen LogP) is 2.77. The van der Waals surface area contributed by atoms with Gasteiger partial charge < -0.3 is 10.1 Å². The Balaban J connectivity index is 3.51. The van der Waals surface area contributed by atoms with Crippen molar-refractivity contribution in [3.63, 3.8) is 0 Å². The molecular formula is C13H21NO2S. The first kappa shape index (κ1) is 14.0. The average Bonchev–Trinajstić information content (AvgIpc) is 2.25. The van der Waals surface area contributed by atoms with E-state index in [1.165, 1.54) is 0 Å². The van der Waals surface area contributed by atoms with Crippen molar-refractivity contribution in [1.29, 1.82) is 0 Å². The highest BCUT2D eigenvalue weighted by molar-refractivity contribution is 7.84. The van der Waals surface area contributed by atoms with E-state index in [1.54, 1.807) is 13.4 Å². The van der Waals surface area contributed by atoms with Crippen molar-refractivity contribution in [2.75, 3.05) is 25.7 Å². The van der Waals surface area contributed by atoms with Crippen LogP contribution in [0.1, 0.15) is 26.3 Å². The maximum atomic E-state index is 11.8. The van der Waals surface area contributed by atoms with Crippen molar-refractivity contribution in [1.82, 2.24) is 0 Å². The molecule has 0 aromatic heterocycles. The molecule has 0 aliphatic heterocycles. The first-order valence-electron chi connectivity index (χ1n) is 5.55. The van der Waals surface area contributed by atoms with Crippen LogP contribution in [0.4, 0.5) is 5.69 Å². The summed E-state index contributed by atoms with van der Waals surface area (Å²) in [4.78, 5) is 0.740. The first-order valence-corrected chi connectivity index (χ1v) is 7.10. The monoisotopic (exact) mass is 255 g/mol. The summed E-state index contributed by atoms with van der Waals surface area (Å²) in [6.45, 7) is 6.41. The van der Waals surface area contributed by atoms with E-state index in [2.05, 4.69) is 32.2 Å². The molecule has 0 fully saturated rings. The van der Waals surface area contributed by atoms with Crippen LogP contribution in [-0.2, 0) is 16.2 Å². The molecule has 1 N–H and O–H groups in total. The second kappa shape index (κ2) is 5.08. The maximum Gasteiger partial charge on any atom is 0.158 e. The molecule has 0 saturated carbocycles. The lowest BCUT2D eigenvalue weighted by Crippen LogP contribution is -2.13. The number of rotatable bonds is 3. The van der Waals surface area contributed by atoms with E-state index in [4.69, 9.17) is 4.74 Å². The van der Waals surface area contributed by atoms with Gasteiger partial charge in [0.25, 0.3) is 0 Å². The topological polar surface area (TPSA) is 38.3 Å². The van der Waals surface area contributed by atoms with Gasteiger partial charge in [-0.15, -0.1) is 0 Å². The van der Waals surface area contributed by atoms with Crippen molar-refractivity contribution in [3.8, 4) is 5.75 Å². The third-order valence-electron chi connectivity index (χ3n) is 2.70. The molecule has 0 aliphatic carbocycles. The van der Waals surface area contributed by atoms with Gasteiger partial charge in [0.15, 0.2) is 5.75 Å². The first-order chi connectivity index (χ1) is 7.81. The SMILES string of the molecule is CNc1cc(C(C)(C)C)cc(S(C)=O)c1OC. The molecule has 1 unspecified atom stereocenters. The van der Waals surface area contributed by atoms with Crippen LogP contribution in [0.2, 0.25) is 0 Å². The van der Waals surface area contributed by atoms with E-state index in [0.29, 0.717) is 5.75 Å². The number of methoxy groups -OCH3 is 1. The third-order valence-corrected chi connectivity index (χ3v) is 3.63. The van der Waals surface area contributed by atoms with Crippen LogP contribution in [0.15, 0.2) is 17.0 Å². The van der Waals surface area contributed by atoms with Gasteiger partial charge in [0.05, 0.1) is 28.5 Å². The summed E-state index contributed by atoms with van der Waals surface area (Å²) in [6, 6.07) is 4.02. The van der Waals surface area contributed by atoms with Crippen molar-refractivity contribution in [2.24, 2.45) is 0 Å². The normalized spacial score (nSPS) is 13.3. The summed E-state index contributed by atoms with van der Waals surface area (Å²) in [5.41, 5.74) is 2.05. The van der Waals surface area contributed by atoms with Crippen LogP contribution < -0.4 is 10.1 Å². The number of nitrogens with one attached hydrogen (secondary N) is 1. The maximum absolute atomic E-state index is 11.8. The van der Waals surface area contributed by atoms with Gasteiger partial charge in [-0.2, -0.15) is 0 Å². The molecule has 1 atom stereocenters. The summed E-state index contributed by atoms with van der Waals surface area (Å²) in [7, 11) is 2.38. The van der Waals surface area contributed by atoms with Crippen LogP contribution in [0, 0.1) is 0 Å². The van der Waals surface area contributed by atoms with Crippen molar-refractivity contribution < 1.29 is 8.95 Å². The smallest absolute Gasteiger partial charge is 0.158 e. The van der Waals surface area contributed by atoms with Gasteiger partial charge in [0.1, 0.15) is 0 Å². The molecule has 0 radical (unpaired) electrons. The Hall–Kier alpha value is -1.03. The lowest BCUT2D eigenvalue weighted by Gasteiger charge is -2.22. The van der Waals surface area contributed by atoms with Gasteiger partial charge in [-0.3, -0.25) is 4.21 Å². The summed E-state index contributed by atoms with van der Waals surface area (Å²) in [5, 5.41) is 3.09. The Labute approximate surface area is 106 Å². The van der Waals surface area contributed by atoms with Gasteiger partial charge in [0, 0.05) is 13.3 Å². The molecule has 0 aliphatic rings. The van der Waals surface area contributed by atoms with E-state index < -0.39 is 10.8 Å². The fourth-order valence-electron chi connectivity index (χ4n) is 1.65. The summed E-state index contributed by atoms with van der Waals surface area (Å²) in [6.07, 6.45) is 1.67. The molecule has 1 rings (SSSR count). The Morgan fingerprint density at radius 3 is 2.24 bits per heavy atom. The fourth-order valence-corrected chi connectivity index (χ4v) is 2.39. The Kier molecular flexibility index (Phi) is 4.20. The van der Waals surface area contributed by atoms with Crippen LogP contribution in [0.25, 0.3) is 0 Å². The van der Waals surface area contributed by atoms with E-state index in [0.717, 1.165) is 16.1 Å². The molecule has 17 heavy (non-hydrogen) atoms. The zero-order valence-corrected chi connectivity index (χ0v) is 12.2. The third kappa shape index (κ3) is 3.00. The molecule has 0 spiro atoms. The predicted molar refractivity (Wildman–Crippen MR) is 73.6 cm³/mol. The summed E-state index contributed by atoms with van der Waals surface area (Å²) in [5.74, 6) is 0.668. The van der Waals surface area contributed by atoms with Crippen LogP contribution in [-0.4, -0.2) is 24.6 Å². The minimum atomic E-state index is -1.06. The quantitative estimate of drug-likeness (QED) is 0.902. The molecular weight excluding hydrogens is 234 g/mol. The second-order valence-electron chi connectivity index (χ2n) is 5.01. The molecule has 0 bridgehead atoms. The summed E-state index contributed by atoms with van der Waals surface area (Å²) >= 11 is 0. The van der Waals surface area contributed by atoms with E-state index in [-0.39, 0.29) is 5.41 Å². The van der Waals surface area contributed by atoms with E-state index >= 15 is 0 Å². The Bertz CT molecular complexity index is 436. The lowest BCUT2D eigenvalue weighted by molar-refractivity contribution is 0.405. The lowest BCUT2D eigenvalue weighted by atomic mass is 9.86. The summed E-state index contributed by atoms with van der Waals surface area (Å²) < 4.78 is 17.1. The highest BCUT2D eigenvalue weighted by Gasteiger charge is 2.20. The molecule has 0 saturated heterocycles. The zero-order valence-electron chi connectivity index (χ0n) is 11.4. The highest BCUT2D eigenvalue weighted by Crippen LogP contribution is 2.36. The standard InChI is InChI=1S/C13H21NO2S/c1-13(2,3)9-7-10(14-4)12(16-5)11(8-9)17(6)15/h7-8,14H,1-6H3. The molecule has 0 amide bonds. The zero-order chi connectivity index (χ0) is 13.2.